The molecular formula is C30H35NO3. The van der Waals surface area contributed by atoms with E-state index >= 15 is 0 Å². The van der Waals surface area contributed by atoms with Crippen LogP contribution in [-0.4, -0.2) is 39.3 Å². The summed E-state index contributed by atoms with van der Waals surface area (Å²) in [6.45, 7) is 2.75. The van der Waals surface area contributed by atoms with Crippen LogP contribution >= 0.6 is 0 Å². The van der Waals surface area contributed by atoms with Gasteiger partial charge in [-0.1, -0.05) is 54.1 Å². The number of nitrogens with zero attached hydrogens (tertiary/aromatic N) is 1. The normalized spacial score (nSPS) is 12.4. The Labute approximate surface area is 203 Å². The second kappa shape index (κ2) is 11.8. The van der Waals surface area contributed by atoms with Crippen molar-refractivity contribution in [1.29, 1.82) is 0 Å². The molecule has 4 rings (SSSR count). The zero-order valence-electron chi connectivity index (χ0n) is 20.5. The Morgan fingerprint density at radius 1 is 0.794 bits per heavy atom. The first-order chi connectivity index (χ1) is 16.6. The van der Waals surface area contributed by atoms with Gasteiger partial charge in [0.25, 0.3) is 0 Å². The lowest BCUT2D eigenvalue weighted by atomic mass is 10.1. The van der Waals surface area contributed by atoms with Crippen LogP contribution in [0.5, 0.6) is 17.2 Å². The summed E-state index contributed by atoms with van der Waals surface area (Å²) in [6.07, 6.45) is 6.66. The number of benzene rings is 3. The van der Waals surface area contributed by atoms with Crippen LogP contribution in [-0.2, 0) is 19.4 Å². The molecule has 0 saturated heterocycles. The van der Waals surface area contributed by atoms with Crippen molar-refractivity contribution in [1.82, 2.24) is 4.90 Å². The maximum Gasteiger partial charge on any atom is 0.161 e. The summed E-state index contributed by atoms with van der Waals surface area (Å²) in [5.74, 6) is 2.53. The SMILES string of the molecule is COc1cc2c(cc1OC)CC(CCCN(C)CCc1ccc(OCc3ccccc3)cc1)=C2. The highest BCUT2D eigenvalue weighted by molar-refractivity contribution is 5.67. The number of rotatable bonds is 12. The van der Waals surface area contributed by atoms with Crippen LogP contribution in [0.25, 0.3) is 6.08 Å². The van der Waals surface area contributed by atoms with Gasteiger partial charge in [0.2, 0.25) is 0 Å². The molecule has 1 aliphatic carbocycles. The largest absolute Gasteiger partial charge is 0.493 e. The van der Waals surface area contributed by atoms with Gasteiger partial charge >= 0.3 is 0 Å². The average molecular weight is 458 g/mol. The first kappa shape index (κ1) is 23.9. The van der Waals surface area contributed by atoms with Gasteiger partial charge in [0.05, 0.1) is 14.2 Å². The van der Waals surface area contributed by atoms with Crippen molar-refractivity contribution in [2.24, 2.45) is 0 Å². The summed E-state index contributed by atoms with van der Waals surface area (Å²) in [5.41, 5.74) is 6.61. The average Bonchev–Trinajstić information content (AvgIpc) is 3.28. The van der Waals surface area contributed by atoms with Crippen molar-refractivity contribution in [3.8, 4) is 17.2 Å². The van der Waals surface area contributed by atoms with Crippen molar-refractivity contribution < 1.29 is 14.2 Å². The van der Waals surface area contributed by atoms with E-state index in [1.165, 1.54) is 27.8 Å². The summed E-state index contributed by atoms with van der Waals surface area (Å²) in [7, 11) is 5.59. The molecule has 0 saturated carbocycles. The molecule has 178 valence electrons. The molecule has 0 aromatic heterocycles. The van der Waals surface area contributed by atoms with Crippen LogP contribution in [0.3, 0.4) is 0 Å². The summed E-state index contributed by atoms with van der Waals surface area (Å²) in [6, 6.07) is 23.0. The maximum absolute atomic E-state index is 5.89. The minimum Gasteiger partial charge on any atom is -0.493 e. The number of ether oxygens (including phenoxy) is 3. The first-order valence-corrected chi connectivity index (χ1v) is 12.0. The molecule has 0 atom stereocenters. The van der Waals surface area contributed by atoms with E-state index in [2.05, 4.69) is 66.6 Å². The maximum atomic E-state index is 5.89. The number of hydrogen-bond acceptors (Lipinski definition) is 4. The third-order valence-corrected chi connectivity index (χ3v) is 6.41. The van der Waals surface area contributed by atoms with E-state index in [4.69, 9.17) is 14.2 Å². The van der Waals surface area contributed by atoms with E-state index in [1.807, 2.05) is 18.2 Å². The van der Waals surface area contributed by atoms with Crippen molar-refractivity contribution in [2.75, 3.05) is 34.4 Å². The summed E-state index contributed by atoms with van der Waals surface area (Å²) >= 11 is 0. The van der Waals surface area contributed by atoms with E-state index < -0.39 is 0 Å². The third kappa shape index (κ3) is 6.42. The lowest BCUT2D eigenvalue weighted by Gasteiger charge is -2.17. The molecule has 4 nitrogen and oxygen atoms in total. The van der Waals surface area contributed by atoms with Gasteiger partial charge in [-0.2, -0.15) is 0 Å². The zero-order chi connectivity index (χ0) is 23.8. The number of likely N-dealkylation sites (N-methyl/N-ethyl adjacent to an activating group) is 1. The highest BCUT2D eigenvalue weighted by Crippen LogP contribution is 2.36. The number of methoxy groups -OCH3 is 2. The van der Waals surface area contributed by atoms with Gasteiger partial charge < -0.3 is 19.1 Å². The standard InChI is InChI=1S/C30H35NO3/c1-31(16-7-10-25-18-26-20-29(32-2)30(33-3)21-27(26)19-25)17-15-23-11-13-28(14-12-23)34-22-24-8-5-4-6-9-24/h4-6,8-9,11-14,18,20-21H,7,10,15-17,19,22H2,1-3H3. The Morgan fingerprint density at radius 2 is 1.53 bits per heavy atom. The number of allylic oxidation sites excluding steroid dienone is 1. The minimum atomic E-state index is 0.603. The van der Waals surface area contributed by atoms with Crippen LogP contribution < -0.4 is 14.2 Å². The molecule has 3 aromatic carbocycles. The fourth-order valence-electron chi connectivity index (χ4n) is 4.40. The Morgan fingerprint density at radius 3 is 2.26 bits per heavy atom. The molecule has 3 aromatic rings. The molecule has 4 heteroatoms. The molecule has 1 aliphatic rings. The number of hydrogen-bond donors (Lipinski definition) is 0. The molecule has 0 spiro atoms. The molecule has 0 heterocycles. The Balaban J connectivity index is 1.16. The lowest BCUT2D eigenvalue weighted by molar-refractivity contribution is 0.306. The van der Waals surface area contributed by atoms with Crippen LogP contribution in [0.1, 0.15) is 35.1 Å². The molecule has 0 radical (unpaired) electrons. The van der Waals surface area contributed by atoms with Crippen LogP contribution in [0, 0.1) is 0 Å². The van der Waals surface area contributed by atoms with Gasteiger partial charge in [-0.05, 0) is 85.8 Å². The van der Waals surface area contributed by atoms with Gasteiger partial charge in [-0.3, -0.25) is 0 Å². The minimum absolute atomic E-state index is 0.603. The van der Waals surface area contributed by atoms with Gasteiger partial charge in [0.1, 0.15) is 12.4 Å². The van der Waals surface area contributed by atoms with Gasteiger partial charge in [-0.25, -0.2) is 0 Å². The highest BCUT2D eigenvalue weighted by Gasteiger charge is 2.17. The summed E-state index contributed by atoms with van der Waals surface area (Å²) < 4.78 is 16.8. The van der Waals surface area contributed by atoms with Crippen molar-refractivity contribution in [3.05, 3.63) is 94.6 Å². The molecule has 0 fully saturated rings. The topological polar surface area (TPSA) is 30.9 Å². The summed E-state index contributed by atoms with van der Waals surface area (Å²) in [4.78, 5) is 2.43. The lowest BCUT2D eigenvalue weighted by Crippen LogP contribution is -2.22. The van der Waals surface area contributed by atoms with Crippen molar-refractivity contribution in [3.63, 3.8) is 0 Å². The van der Waals surface area contributed by atoms with Gasteiger partial charge in [0, 0.05) is 6.54 Å². The molecule has 34 heavy (non-hydrogen) atoms. The fraction of sp³-hybridized carbons (Fsp3) is 0.333. The first-order valence-electron chi connectivity index (χ1n) is 12.0. The molecule has 0 N–H and O–H groups in total. The van der Waals surface area contributed by atoms with E-state index in [1.54, 1.807) is 14.2 Å². The highest BCUT2D eigenvalue weighted by atomic mass is 16.5. The second-order valence-corrected chi connectivity index (χ2v) is 8.96. The second-order valence-electron chi connectivity index (χ2n) is 8.96. The Hall–Kier alpha value is -3.24. The van der Waals surface area contributed by atoms with Crippen LogP contribution in [0.4, 0.5) is 0 Å². The molecule has 0 amide bonds. The molecule has 0 bridgehead atoms. The van der Waals surface area contributed by atoms with Gasteiger partial charge in [-0.15, -0.1) is 0 Å². The quantitative estimate of drug-likeness (QED) is 0.325. The van der Waals surface area contributed by atoms with E-state index in [0.717, 1.165) is 56.0 Å². The fourth-order valence-corrected chi connectivity index (χ4v) is 4.40. The van der Waals surface area contributed by atoms with Crippen molar-refractivity contribution in [2.45, 2.75) is 32.3 Å². The number of fused-ring (bicyclic) bond motifs is 1. The summed E-state index contributed by atoms with van der Waals surface area (Å²) in [5, 5.41) is 0. The molecule has 0 aliphatic heterocycles. The van der Waals surface area contributed by atoms with Crippen LogP contribution in [0.2, 0.25) is 0 Å². The predicted molar refractivity (Wildman–Crippen MR) is 139 cm³/mol. The zero-order valence-corrected chi connectivity index (χ0v) is 20.5. The Bertz CT molecular complexity index is 1090. The van der Waals surface area contributed by atoms with E-state index in [-0.39, 0.29) is 0 Å². The third-order valence-electron chi connectivity index (χ3n) is 6.41. The molecular weight excluding hydrogens is 422 g/mol. The van der Waals surface area contributed by atoms with Crippen molar-refractivity contribution >= 4 is 6.08 Å². The van der Waals surface area contributed by atoms with Crippen LogP contribution in [0.15, 0.2) is 72.3 Å². The Kier molecular flexibility index (Phi) is 8.26. The van der Waals surface area contributed by atoms with E-state index in [0.29, 0.717) is 6.61 Å². The van der Waals surface area contributed by atoms with Gasteiger partial charge in [0.15, 0.2) is 11.5 Å². The van der Waals surface area contributed by atoms with E-state index in [9.17, 15) is 0 Å². The smallest absolute Gasteiger partial charge is 0.161 e. The molecule has 0 unspecified atom stereocenters. The monoisotopic (exact) mass is 457 g/mol. The predicted octanol–water partition coefficient (Wildman–Crippen LogP) is 6.18.